The summed E-state index contributed by atoms with van der Waals surface area (Å²) in [4.78, 5) is 12.7. The minimum absolute atomic E-state index is 0.0515. The summed E-state index contributed by atoms with van der Waals surface area (Å²) in [6.45, 7) is 1.64. The highest BCUT2D eigenvalue weighted by atomic mass is 19.1. The van der Waals surface area contributed by atoms with E-state index in [0.29, 0.717) is 22.2 Å². The fourth-order valence-corrected chi connectivity index (χ4v) is 3.65. The largest absolute Gasteiger partial charge is 0.389 e. The Kier molecular flexibility index (Phi) is 6.39. The fourth-order valence-electron chi connectivity index (χ4n) is 3.65. The lowest BCUT2D eigenvalue weighted by atomic mass is 10.0. The van der Waals surface area contributed by atoms with E-state index >= 15 is 0 Å². The first-order valence-corrected chi connectivity index (χ1v) is 10.2. The first kappa shape index (κ1) is 21.8. The number of ether oxygens (including phenoxy) is 1. The molecule has 1 heterocycles. The number of aliphatic hydroxyl groups excluding tert-OH is 1. The summed E-state index contributed by atoms with van der Waals surface area (Å²) >= 11 is 0. The van der Waals surface area contributed by atoms with Gasteiger partial charge in [0.05, 0.1) is 30.3 Å². The van der Waals surface area contributed by atoms with Gasteiger partial charge in [0, 0.05) is 5.39 Å². The maximum atomic E-state index is 13.4. The predicted octanol–water partition coefficient (Wildman–Crippen LogP) is 4.15. The molecule has 4 aromatic rings. The number of benzene rings is 3. The lowest BCUT2D eigenvalue weighted by Gasteiger charge is -2.21. The Morgan fingerprint density at radius 1 is 0.906 bits per heavy atom. The summed E-state index contributed by atoms with van der Waals surface area (Å²) in [6.07, 6.45) is -1.67. The number of hydrogen-bond acceptors (Lipinski definition) is 4. The Bertz CT molecular complexity index is 1230. The summed E-state index contributed by atoms with van der Waals surface area (Å²) in [5, 5.41) is 16.2. The zero-order valence-electron chi connectivity index (χ0n) is 17.4. The maximum absolute atomic E-state index is 13.4. The van der Waals surface area contributed by atoms with Crippen LogP contribution in [0.2, 0.25) is 0 Å². The molecular formula is C25H22F2N2O3. The molecule has 0 saturated carbocycles. The Labute approximate surface area is 183 Å². The summed E-state index contributed by atoms with van der Waals surface area (Å²) < 4.78 is 33.9. The average Bonchev–Trinajstić information content (AvgIpc) is 2.79. The van der Waals surface area contributed by atoms with E-state index < -0.39 is 12.2 Å². The van der Waals surface area contributed by atoms with Gasteiger partial charge in [-0.15, -0.1) is 0 Å². The highest BCUT2D eigenvalue weighted by Crippen LogP contribution is 2.27. The van der Waals surface area contributed by atoms with Gasteiger partial charge in [-0.3, -0.25) is 4.79 Å². The molecule has 0 spiro atoms. The Hall–Kier alpha value is -3.42. The third kappa shape index (κ3) is 4.74. The first-order chi connectivity index (χ1) is 15.4. The quantitative estimate of drug-likeness (QED) is 0.473. The topological polar surface area (TPSA) is 64.3 Å². The molecule has 0 aliphatic carbocycles. The van der Waals surface area contributed by atoms with Gasteiger partial charge in [-0.1, -0.05) is 42.5 Å². The third-order valence-electron chi connectivity index (χ3n) is 5.24. The zero-order chi connectivity index (χ0) is 22.7. The zero-order valence-corrected chi connectivity index (χ0v) is 17.4. The van der Waals surface area contributed by atoms with E-state index in [1.165, 1.54) is 28.9 Å². The van der Waals surface area contributed by atoms with E-state index in [4.69, 9.17) is 4.74 Å². The van der Waals surface area contributed by atoms with E-state index in [9.17, 15) is 18.7 Å². The molecule has 32 heavy (non-hydrogen) atoms. The van der Waals surface area contributed by atoms with Crippen LogP contribution in [0.3, 0.4) is 0 Å². The third-order valence-corrected chi connectivity index (χ3v) is 5.24. The molecule has 7 heteroatoms. The van der Waals surface area contributed by atoms with Crippen LogP contribution in [0.1, 0.15) is 22.9 Å². The predicted molar refractivity (Wildman–Crippen MR) is 117 cm³/mol. The number of halogens is 2. The second-order valence-electron chi connectivity index (χ2n) is 7.59. The molecule has 0 fully saturated rings. The van der Waals surface area contributed by atoms with Crippen LogP contribution in [0.25, 0.3) is 10.8 Å². The van der Waals surface area contributed by atoms with Gasteiger partial charge in [-0.05, 0) is 48.4 Å². The maximum Gasteiger partial charge on any atom is 0.274 e. The fraction of sp³-hybridized carbons (Fsp3) is 0.200. The Morgan fingerprint density at radius 3 is 2.00 bits per heavy atom. The van der Waals surface area contributed by atoms with Crippen molar-refractivity contribution in [1.29, 1.82) is 0 Å². The van der Waals surface area contributed by atoms with Crippen molar-refractivity contribution in [2.45, 2.75) is 25.7 Å². The van der Waals surface area contributed by atoms with Crippen molar-refractivity contribution in [3.8, 4) is 0 Å². The second-order valence-corrected chi connectivity index (χ2v) is 7.59. The smallest absolute Gasteiger partial charge is 0.274 e. The van der Waals surface area contributed by atoms with Gasteiger partial charge in [0.25, 0.3) is 5.56 Å². The summed E-state index contributed by atoms with van der Waals surface area (Å²) in [7, 11) is 0. The molecule has 3 aromatic carbocycles. The van der Waals surface area contributed by atoms with Crippen molar-refractivity contribution < 1.29 is 18.6 Å². The second kappa shape index (κ2) is 9.38. The van der Waals surface area contributed by atoms with Crippen LogP contribution >= 0.6 is 0 Å². The van der Waals surface area contributed by atoms with Crippen molar-refractivity contribution in [1.82, 2.24) is 9.78 Å². The Morgan fingerprint density at radius 2 is 1.44 bits per heavy atom. The molecule has 0 amide bonds. The number of aromatic nitrogens is 2. The van der Waals surface area contributed by atoms with Crippen molar-refractivity contribution in [3.63, 3.8) is 0 Å². The van der Waals surface area contributed by atoms with Gasteiger partial charge >= 0.3 is 0 Å². The monoisotopic (exact) mass is 436 g/mol. The molecule has 5 nitrogen and oxygen atoms in total. The number of aryl methyl sites for hydroxylation is 1. The molecule has 0 aliphatic rings. The molecule has 0 aliphatic heterocycles. The van der Waals surface area contributed by atoms with E-state index in [0.717, 1.165) is 5.39 Å². The number of hydrogen-bond donors (Lipinski definition) is 1. The highest BCUT2D eigenvalue weighted by Gasteiger charge is 2.19. The van der Waals surface area contributed by atoms with Crippen LogP contribution in [0.5, 0.6) is 0 Å². The molecule has 0 bridgehead atoms. The van der Waals surface area contributed by atoms with Crippen molar-refractivity contribution in [2.75, 3.05) is 6.61 Å². The molecule has 0 radical (unpaired) electrons. The van der Waals surface area contributed by atoms with Gasteiger partial charge in [0.1, 0.15) is 17.7 Å². The van der Waals surface area contributed by atoms with Crippen molar-refractivity contribution >= 4 is 10.8 Å². The van der Waals surface area contributed by atoms with E-state index in [2.05, 4.69) is 5.10 Å². The van der Waals surface area contributed by atoms with Crippen LogP contribution in [0.4, 0.5) is 8.78 Å². The van der Waals surface area contributed by atoms with E-state index in [1.807, 2.05) is 12.1 Å². The molecule has 1 N–H and O–H groups in total. The minimum atomic E-state index is -1.02. The lowest BCUT2D eigenvalue weighted by molar-refractivity contribution is -0.00246. The van der Waals surface area contributed by atoms with E-state index in [-0.39, 0.29) is 30.3 Å². The van der Waals surface area contributed by atoms with Crippen molar-refractivity contribution in [2.24, 2.45) is 0 Å². The SMILES string of the molecule is Cc1nn(CC(O)COC(c2ccc(F)cc2)c2ccc(F)cc2)c(=O)c2ccccc12. The van der Waals surface area contributed by atoms with Crippen LogP contribution < -0.4 is 5.56 Å². The summed E-state index contributed by atoms with van der Waals surface area (Å²) in [5.41, 5.74) is 1.70. The summed E-state index contributed by atoms with van der Waals surface area (Å²) in [6, 6.07) is 18.7. The van der Waals surface area contributed by atoms with Gasteiger partial charge in [0.2, 0.25) is 0 Å². The minimum Gasteiger partial charge on any atom is -0.389 e. The van der Waals surface area contributed by atoms with E-state index in [1.54, 1.807) is 43.3 Å². The molecule has 164 valence electrons. The van der Waals surface area contributed by atoms with Gasteiger partial charge in [-0.2, -0.15) is 5.10 Å². The van der Waals surface area contributed by atoms with Gasteiger partial charge in [0.15, 0.2) is 0 Å². The molecular weight excluding hydrogens is 414 g/mol. The molecule has 0 saturated heterocycles. The number of rotatable bonds is 7. The highest BCUT2D eigenvalue weighted by molar-refractivity contribution is 5.83. The van der Waals surface area contributed by atoms with Crippen LogP contribution in [0, 0.1) is 18.6 Å². The normalized spacial score (nSPS) is 12.4. The standard InChI is InChI=1S/C25H22F2N2O3/c1-16-22-4-2-3-5-23(22)25(31)29(28-16)14-21(30)15-32-24(17-6-10-19(26)11-7-17)18-8-12-20(27)13-9-18/h2-13,21,24,30H,14-15H2,1H3. The average molecular weight is 436 g/mol. The van der Waals surface area contributed by atoms with Gasteiger partial charge < -0.3 is 9.84 Å². The number of nitrogens with zero attached hydrogens (tertiary/aromatic N) is 2. The molecule has 1 atom stereocenters. The van der Waals surface area contributed by atoms with Crippen LogP contribution in [-0.2, 0) is 11.3 Å². The summed E-state index contributed by atoms with van der Waals surface area (Å²) in [5.74, 6) is -0.771. The van der Waals surface area contributed by atoms with Crippen molar-refractivity contribution in [3.05, 3.63) is 112 Å². The number of aliphatic hydroxyl groups is 1. The Balaban J connectivity index is 1.54. The molecule has 4 rings (SSSR count). The molecule has 1 unspecified atom stereocenters. The lowest BCUT2D eigenvalue weighted by Crippen LogP contribution is -2.32. The van der Waals surface area contributed by atoms with Crippen LogP contribution in [-0.4, -0.2) is 27.6 Å². The van der Waals surface area contributed by atoms with Crippen LogP contribution in [0.15, 0.2) is 77.6 Å². The number of fused-ring (bicyclic) bond motifs is 1. The first-order valence-electron chi connectivity index (χ1n) is 10.2. The molecule has 1 aromatic heterocycles. The van der Waals surface area contributed by atoms with Gasteiger partial charge in [-0.25, -0.2) is 13.5 Å².